The number of hydrogen-bond acceptors (Lipinski definition) is 6. The first-order chi connectivity index (χ1) is 12.2. The molecule has 2 aliphatic rings. The molecule has 1 aromatic carbocycles. The highest BCUT2D eigenvalue weighted by atomic mass is 19.1. The molecule has 2 aromatic rings. The van der Waals surface area contributed by atoms with Crippen LogP contribution in [-0.4, -0.2) is 35.6 Å². The highest BCUT2D eigenvalue weighted by Crippen LogP contribution is 2.32. The van der Waals surface area contributed by atoms with Crippen molar-refractivity contribution in [2.75, 3.05) is 30.3 Å². The van der Waals surface area contributed by atoms with E-state index in [4.69, 9.17) is 5.73 Å². The lowest BCUT2D eigenvalue weighted by Crippen LogP contribution is -2.47. The van der Waals surface area contributed by atoms with Gasteiger partial charge in [-0.15, -0.1) is 0 Å². The minimum atomic E-state index is -0.193. The van der Waals surface area contributed by atoms with Crippen LogP contribution in [0.15, 0.2) is 36.5 Å². The molecule has 25 heavy (non-hydrogen) atoms. The summed E-state index contributed by atoms with van der Waals surface area (Å²) in [6.07, 6.45) is 3.95. The molecule has 1 aromatic heterocycles. The molecule has 2 fully saturated rings. The Morgan fingerprint density at radius 1 is 1.20 bits per heavy atom. The summed E-state index contributed by atoms with van der Waals surface area (Å²) < 4.78 is 13.2. The van der Waals surface area contributed by atoms with Gasteiger partial charge in [-0.25, -0.2) is 9.37 Å². The summed E-state index contributed by atoms with van der Waals surface area (Å²) in [6.45, 7) is 2.68. The lowest BCUT2D eigenvalue weighted by atomic mass is 9.81. The monoisotopic (exact) mass is 342 g/mol. The Hall–Kier alpha value is -2.25. The number of rotatable bonds is 3. The number of nitrogens with one attached hydrogen (secondary N) is 2. The zero-order valence-corrected chi connectivity index (χ0v) is 14.0. The Morgan fingerprint density at radius 2 is 2.04 bits per heavy atom. The van der Waals surface area contributed by atoms with Crippen LogP contribution in [0.3, 0.4) is 0 Å². The molecular weight excluding hydrogens is 319 g/mol. The predicted molar refractivity (Wildman–Crippen MR) is 95.4 cm³/mol. The first kappa shape index (κ1) is 16.2. The van der Waals surface area contributed by atoms with Crippen molar-refractivity contribution in [3.63, 3.8) is 0 Å². The number of halogens is 1. The quantitative estimate of drug-likeness (QED) is 0.788. The summed E-state index contributed by atoms with van der Waals surface area (Å²) >= 11 is 0. The fourth-order valence-corrected chi connectivity index (χ4v) is 3.99. The highest BCUT2D eigenvalue weighted by Gasteiger charge is 2.37. The normalized spacial score (nSPS) is 26.8. The SMILES string of the molecule is Nc1ccnc(N2CCCC(C3NNCC3c3ccc(F)cc3)C2)n1. The molecule has 2 saturated heterocycles. The Kier molecular flexibility index (Phi) is 4.50. The van der Waals surface area contributed by atoms with Gasteiger partial charge < -0.3 is 10.6 Å². The molecule has 0 saturated carbocycles. The number of hydrazine groups is 1. The number of nitrogen functional groups attached to an aromatic ring is 1. The molecule has 0 aliphatic carbocycles. The van der Waals surface area contributed by atoms with Gasteiger partial charge in [-0.2, -0.15) is 4.98 Å². The molecule has 4 rings (SSSR count). The molecule has 7 heteroatoms. The first-order valence-corrected chi connectivity index (χ1v) is 8.78. The molecule has 132 valence electrons. The highest BCUT2D eigenvalue weighted by molar-refractivity contribution is 5.38. The Balaban J connectivity index is 1.51. The third kappa shape index (κ3) is 3.43. The number of nitrogens with two attached hydrogens (primary N) is 1. The summed E-state index contributed by atoms with van der Waals surface area (Å²) in [5.41, 5.74) is 13.7. The van der Waals surface area contributed by atoms with E-state index in [-0.39, 0.29) is 5.82 Å². The van der Waals surface area contributed by atoms with Crippen molar-refractivity contribution in [2.24, 2.45) is 5.92 Å². The van der Waals surface area contributed by atoms with E-state index >= 15 is 0 Å². The van der Waals surface area contributed by atoms with Crippen LogP contribution in [-0.2, 0) is 0 Å². The van der Waals surface area contributed by atoms with Gasteiger partial charge in [0.25, 0.3) is 0 Å². The largest absolute Gasteiger partial charge is 0.384 e. The summed E-state index contributed by atoms with van der Waals surface area (Å²) in [7, 11) is 0. The Morgan fingerprint density at radius 3 is 2.84 bits per heavy atom. The van der Waals surface area contributed by atoms with Gasteiger partial charge >= 0.3 is 0 Å². The third-order valence-corrected chi connectivity index (χ3v) is 5.24. The van der Waals surface area contributed by atoms with Crippen LogP contribution in [0.1, 0.15) is 24.3 Å². The minimum absolute atomic E-state index is 0.193. The molecule has 3 atom stereocenters. The van der Waals surface area contributed by atoms with Gasteiger partial charge in [-0.3, -0.25) is 10.9 Å². The molecular formula is C18H23FN6. The van der Waals surface area contributed by atoms with Gasteiger partial charge in [0.2, 0.25) is 5.95 Å². The van der Waals surface area contributed by atoms with Crippen molar-refractivity contribution >= 4 is 11.8 Å². The Bertz CT molecular complexity index is 722. The summed E-state index contributed by atoms with van der Waals surface area (Å²) in [4.78, 5) is 10.9. The standard InChI is InChI=1S/C18H23FN6/c19-14-5-3-12(4-6-14)15-10-22-24-17(15)13-2-1-9-25(11-13)18-21-8-7-16(20)23-18/h3-8,13,15,17,22,24H,1-2,9-11H2,(H2,20,21,23). The zero-order chi connectivity index (χ0) is 17.2. The van der Waals surface area contributed by atoms with Crippen molar-refractivity contribution in [2.45, 2.75) is 24.8 Å². The van der Waals surface area contributed by atoms with Gasteiger partial charge in [0.1, 0.15) is 11.6 Å². The Labute approximate surface area is 146 Å². The van der Waals surface area contributed by atoms with Crippen LogP contribution >= 0.6 is 0 Å². The summed E-state index contributed by atoms with van der Waals surface area (Å²) in [5, 5.41) is 0. The topological polar surface area (TPSA) is 79.1 Å². The number of hydrogen-bond donors (Lipinski definition) is 3. The van der Waals surface area contributed by atoms with Gasteiger partial charge in [-0.1, -0.05) is 12.1 Å². The van der Waals surface area contributed by atoms with Gasteiger partial charge in [-0.05, 0) is 42.5 Å². The van der Waals surface area contributed by atoms with E-state index in [2.05, 4.69) is 25.7 Å². The maximum atomic E-state index is 13.2. The number of aromatic nitrogens is 2. The lowest BCUT2D eigenvalue weighted by molar-refractivity contribution is 0.303. The van der Waals surface area contributed by atoms with Crippen LogP contribution < -0.4 is 21.5 Å². The smallest absolute Gasteiger partial charge is 0.227 e. The van der Waals surface area contributed by atoms with E-state index < -0.39 is 0 Å². The van der Waals surface area contributed by atoms with Crippen LogP contribution in [0.5, 0.6) is 0 Å². The van der Waals surface area contributed by atoms with E-state index in [9.17, 15) is 4.39 Å². The number of nitrogens with zero attached hydrogens (tertiary/aromatic N) is 3. The maximum Gasteiger partial charge on any atom is 0.227 e. The number of piperidine rings is 1. The number of benzene rings is 1. The predicted octanol–water partition coefficient (Wildman–Crippen LogP) is 1.67. The van der Waals surface area contributed by atoms with E-state index in [0.29, 0.717) is 29.6 Å². The van der Waals surface area contributed by atoms with Crippen LogP contribution in [0.4, 0.5) is 16.2 Å². The fourth-order valence-electron chi connectivity index (χ4n) is 3.99. The lowest BCUT2D eigenvalue weighted by Gasteiger charge is -2.37. The molecule has 0 amide bonds. The van der Waals surface area contributed by atoms with E-state index in [1.165, 1.54) is 5.56 Å². The van der Waals surface area contributed by atoms with E-state index in [1.807, 2.05) is 12.1 Å². The van der Waals surface area contributed by atoms with Gasteiger partial charge in [0.05, 0.1) is 0 Å². The molecule has 3 heterocycles. The summed E-state index contributed by atoms with van der Waals surface area (Å²) in [6, 6.07) is 8.87. The summed E-state index contributed by atoms with van der Waals surface area (Å²) in [5.74, 6) is 1.80. The van der Waals surface area contributed by atoms with Crippen molar-refractivity contribution < 1.29 is 4.39 Å². The minimum Gasteiger partial charge on any atom is -0.384 e. The molecule has 6 nitrogen and oxygen atoms in total. The zero-order valence-electron chi connectivity index (χ0n) is 14.0. The molecule has 0 radical (unpaired) electrons. The van der Waals surface area contributed by atoms with E-state index in [1.54, 1.807) is 24.4 Å². The van der Waals surface area contributed by atoms with Crippen LogP contribution in [0, 0.1) is 11.7 Å². The van der Waals surface area contributed by atoms with Crippen molar-refractivity contribution in [3.8, 4) is 0 Å². The molecule has 0 bridgehead atoms. The van der Waals surface area contributed by atoms with Crippen LogP contribution in [0.2, 0.25) is 0 Å². The second-order valence-corrected chi connectivity index (χ2v) is 6.84. The average molecular weight is 342 g/mol. The maximum absolute atomic E-state index is 13.2. The van der Waals surface area contributed by atoms with Crippen molar-refractivity contribution in [1.29, 1.82) is 0 Å². The molecule has 4 N–H and O–H groups in total. The molecule has 2 aliphatic heterocycles. The second kappa shape index (κ2) is 6.93. The van der Waals surface area contributed by atoms with Crippen molar-refractivity contribution in [1.82, 2.24) is 20.8 Å². The molecule has 0 spiro atoms. The second-order valence-electron chi connectivity index (χ2n) is 6.84. The number of anilines is 2. The van der Waals surface area contributed by atoms with Crippen molar-refractivity contribution in [3.05, 3.63) is 47.9 Å². The fraction of sp³-hybridized carbons (Fsp3) is 0.444. The molecule has 3 unspecified atom stereocenters. The van der Waals surface area contributed by atoms with E-state index in [0.717, 1.165) is 32.5 Å². The average Bonchev–Trinajstić information content (AvgIpc) is 3.12. The van der Waals surface area contributed by atoms with Gasteiger partial charge in [0.15, 0.2) is 0 Å². The third-order valence-electron chi connectivity index (χ3n) is 5.24. The van der Waals surface area contributed by atoms with Crippen LogP contribution in [0.25, 0.3) is 0 Å². The first-order valence-electron chi connectivity index (χ1n) is 8.78. The van der Waals surface area contributed by atoms with Gasteiger partial charge in [0, 0.05) is 37.8 Å².